The molecule has 0 aromatic heterocycles. The molecule has 3 heteroatoms. The van der Waals surface area contributed by atoms with E-state index in [4.69, 9.17) is 0 Å². The first-order valence-corrected chi connectivity index (χ1v) is 6.65. The Labute approximate surface area is 115 Å². The zero-order valence-electron chi connectivity index (χ0n) is 10.4. The van der Waals surface area contributed by atoms with E-state index in [0.29, 0.717) is 5.56 Å². The van der Waals surface area contributed by atoms with E-state index in [2.05, 4.69) is 21.2 Å². The molecule has 1 N–H and O–H groups in total. The largest absolute Gasteiger partial charge is 0.377 e. The third kappa shape index (κ3) is 2.72. The molecular weight excluding hydrogens is 293 g/mol. The van der Waals surface area contributed by atoms with Crippen LogP contribution in [0.1, 0.15) is 24.1 Å². The van der Waals surface area contributed by atoms with Crippen LogP contribution < -0.4 is 5.32 Å². The van der Waals surface area contributed by atoms with Gasteiger partial charge in [0.15, 0.2) is 0 Å². The molecule has 0 aliphatic heterocycles. The van der Waals surface area contributed by atoms with Gasteiger partial charge in [-0.3, -0.25) is 0 Å². The molecule has 0 aliphatic carbocycles. The molecule has 1 nitrogen and oxygen atoms in total. The van der Waals surface area contributed by atoms with Crippen LogP contribution in [0.2, 0.25) is 0 Å². The second-order valence-corrected chi connectivity index (χ2v) is 5.12. The number of benzene rings is 2. The normalized spacial score (nSPS) is 12.2. The van der Waals surface area contributed by atoms with Gasteiger partial charge in [0.2, 0.25) is 0 Å². The smallest absolute Gasteiger partial charge is 0.128 e. The van der Waals surface area contributed by atoms with E-state index in [-0.39, 0.29) is 11.9 Å². The van der Waals surface area contributed by atoms with Gasteiger partial charge in [0, 0.05) is 15.7 Å². The van der Waals surface area contributed by atoms with Crippen molar-refractivity contribution in [1.82, 2.24) is 0 Å². The molecule has 0 saturated carbocycles. The first-order chi connectivity index (χ1) is 8.59. The van der Waals surface area contributed by atoms with Gasteiger partial charge in [0.25, 0.3) is 0 Å². The lowest BCUT2D eigenvalue weighted by Gasteiger charge is -2.18. The molecule has 0 radical (unpaired) electrons. The Morgan fingerprint density at radius 3 is 2.56 bits per heavy atom. The quantitative estimate of drug-likeness (QED) is 0.834. The average molecular weight is 308 g/mol. The highest BCUT2D eigenvalue weighted by molar-refractivity contribution is 9.10. The second kappa shape index (κ2) is 5.53. The van der Waals surface area contributed by atoms with Crippen molar-refractivity contribution in [2.75, 3.05) is 5.32 Å². The molecule has 2 aromatic rings. The van der Waals surface area contributed by atoms with Crippen LogP contribution in [0.3, 0.4) is 0 Å². The highest BCUT2D eigenvalue weighted by Crippen LogP contribution is 2.29. The molecule has 0 fully saturated rings. The van der Waals surface area contributed by atoms with E-state index in [1.165, 1.54) is 6.07 Å². The van der Waals surface area contributed by atoms with Gasteiger partial charge >= 0.3 is 0 Å². The molecule has 2 rings (SSSR count). The molecule has 0 amide bonds. The summed E-state index contributed by atoms with van der Waals surface area (Å²) in [7, 11) is 0. The Kier molecular flexibility index (Phi) is 4.02. The maximum atomic E-state index is 13.7. The van der Waals surface area contributed by atoms with E-state index < -0.39 is 0 Å². The highest BCUT2D eigenvalue weighted by Gasteiger charge is 2.11. The lowest BCUT2D eigenvalue weighted by molar-refractivity contribution is 0.600. The Bertz CT molecular complexity index is 554. The van der Waals surface area contributed by atoms with Gasteiger partial charge in [-0.15, -0.1) is 0 Å². The molecule has 0 aliphatic rings. The minimum atomic E-state index is -0.179. The lowest BCUT2D eigenvalue weighted by atomic mass is 10.1. The predicted octanol–water partition coefficient (Wildman–Crippen LogP) is 5.07. The van der Waals surface area contributed by atoms with Crippen LogP contribution in [-0.4, -0.2) is 0 Å². The lowest BCUT2D eigenvalue weighted by Crippen LogP contribution is -2.09. The van der Waals surface area contributed by atoms with E-state index >= 15 is 0 Å². The summed E-state index contributed by atoms with van der Waals surface area (Å²) in [5.74, 6) is -0.179. The molecule has 18 heavy (non-hydrogen) atoms. The van der Waals surface area contributed by atoms with Crippen molar-refractivity contribution in [3.05, 3.63) is 63.9 Å². The summed E-state index contributed by atoms with van der Waals surface area (Å²) >= 11 is 3.54. The van der Waals surface area contributed by atoms with E-state index in [1.807, 2.05) is 38.1 Å². The number of rotatable bonds is 3. The van der Waals surface area contributed by atoms with Gasteiger partial charge < -0.3 is 5.32 Å². The van der Waals surface area contributed by atoms with Crippen molar-refractivity contribution >= 4 is 21.6 Å². The number of anilines is 1. The molecule has 0 saturated heterocycles. The zero-order chi connectivity index (χ0) is 13.1. The fraction of sp³-hybridized carbons (Fsp3) is 0.200. The summed E-state index contributed by atoms with van der Waals surface area (Å²) < 4.78 is 14.7. The van der Waals surface area contributed by atoms with Crippen molar-refractivity contribution in [2.45, 2.75) is 19.9 Å². The first kappa shape index (κ1) is 13.1. The number of hydrogen-bond donors (Lipinski definition) is 1. The second-order valence-electron chi connectivity index (χ2n) is 4.32. The fourth-order valence-corrected chi connectivity index (χ4v) is 2.27. The molecule has 0 spiro atoms. The Balaban J connectivity index is 2.24. The minimum Gasteiger partial charge on any atom is -0.377 e. The predicted molar refractivity (Wildman–Crippen MR) is 77.3 cm³/mol. The number of hydrogen-bond acceptors (Lipinski definition) is 1. The van der Waals surface area contributed by atoms with Crippen molar-refractivity contribution in [2.24, 2.45) is 0 Å². The summed E-state index contributed by atoms with van der Waals surface area (Å²) in [6.45, 7) is 3.98. The van der Waals surface area contributed by atoms with Crippen LogP contribution >= 0.6 is 15.9 Å². The average Bonchev–Trinajstić information content (AvgIpc) is 2.35. The van der Waals surface area contributed by atoms with Crippen LogP contribution in [0.15, 0.2) is 46.9 Å². The monoisotopic (exact) mass is 307 g/mol. The third-order valence-corrected chi connectivity index (χ3v) is 3.99. The minimum absolute atomic E-state index is 0.0794. The van der Waals surface area contributed by atoms with Crippen LogP contribution in [0, 0.1) is 12.7 Å². The summed E-state index contributed by atoms with van der Waals surface area (Å²) in [4.78, 5) is 0. The van der Waals surface area contributed by atoms with Gasteiger partial charge in [0.1, 0.15) is 5.82 Å². The Morgan fingerprint density at radius 2 is 1.83 bits per heavy atom. The van der Waals surface area contributed by atoms with Crippen molar-refractivity contribution in [3.8, 4) is 0 Å². The molecule has 2 aromatic carbocycles. The number of aryl methyl sites for hydroxylation is 1. The fourth-order valence-electron chi connectivity index (χ4n) is 1.90. The first-order valence-electron chi connectivity index (χ1n) is 5.85. The van der Waals surface area contributed by atoms with Crippen LogP contribution in [0.5, 0.6) is 0 Å². The summed E-state index contributed by atoms with van der Waals surface area (Å²) in [6.07, 6.45) is 0. The van der Waals surface area contributed by atoms with Crippen LogP contribution in [-0.2, 0) is 0 Å². The van der Waals surface area contributed by atoms with Gasteiger partial charge in [-0.2, -0.15) is 0 Å². The molecule has 94 valence electrons. The molecule has 0 heterocycles. The topological polar surface area (TPSA) is 12.0 Å². The van der Waals surface area contributed by atoms with Crippen LogP contribution in [0.25, 0.3) is 0 Å². The summed E-state index contributed by atoms with van der Waals surface area (Å²) in [5.41, 5.74) is 2.80. The zero-order valence-corrected chi connectivity index (χ0v) is 12.0. The number of nitrogens with one attached hydrogen (secondary N) is 1. The van der Waals surface area contributed by atoms with Crippen LogP contribution in [0.4, 0.5) is 10.1 Å². The van der Waals surface area contributed by atoms with Crippen molar-refractivity contribution in [3.63, 3.8) is 0 Å². The molecule has 1 unspecified atom stereocenters. The highest BCUT2D eigenvalue weighted by atomic mass is 79.9. The SMILES string of the molecule is Cc1cccc(NC(C)c2ccccc2F)c1Br. The molecular formula is C15H15BrFN. The number of halogens is 2. The molecule has 0 bridgehead atoms. The maximum Gasteiger partial charge on any atom is 0.128 e. The summed E-state index contributed by atoms with van der Waals surface area (Å²) in [5, 5.41) is 3.32. The van der Waals surface area contributed by atoms with Gasteiger partial charge in [-0.25, -0.2) is 4.39 Å². The van der Waals surface area contributed by atoms with E-state index in [9.17, 15) is 4.39 Å². The molecule has 1 atom stereocenters. The van der Waals surface area contributed by atoms with Crippen molar-refractivity contribution in [1.29, 1.82) is 0 Å². The maximum absolute atomic E-state index is 13.7. The van der Waals surface area contributed by atoms with Gasteiger partial charge in [-0.05, 0) is 47.5 Å². The standard InChI is InChI=1S/C15H15BrFN/c1-10-6-5-9-14(15(10)16)18-11(2)12-7-3-4-8-13(12)17/h3-9,11,18H,1-2H3. The van der Waals surface area contributed by atoms with E-state index in [0.717, 1.165) is 15.7 Å². The van der Waals surface area contributed by atoms with Gasteiger partial charge in [-0.1, -0.05) is 30.3 Å². The van der Waals surface area contributed by atoms with E-state index in [1.54, 1.807) is 12.1 Å². The Morgan fingerprint density at radius 1 is 1.11 bits per heavy atom. The Hall–Kier alpha value is -1.35. The third-order valence-electron chi connectivity index (χ3n) is 2.94. The summed E-state index contributed by atoms with van der Waals surface area (Å²) in [6, 6.07) is 12.8. The van der Waals surface area contributed by atoms with Crippen molar-refractivity contribution < 1.29 is 4.39 Å². The van der Waals surface area contributed by atoms with Gasteiger partial charge in [0.05, 0.1) is 6.04 Å².